The summed E-state index contributed by atoms with van der Waals surface area (Å²) in [7, 11) is 0. The minimum atomic E-state index is -0.308. The number of hydrogen-bond donors (Lipinski definition) is 0. The molecule has 0 saturated heterocycles. The normalized spacial score (nSPS) is 11.2. The topological polar surface area (TPSA) is 34.4 Å². The zero-order chi connectivity index (χ0) is 15.0. The molecule has 0 fully saturated rings. The molecule has 3 rings (SSSR count). The third-order valence-electron chi connectivity index (χ3n) is 3.57. The zero-order valence-electron chi connectivity index (χ0n) is 11.9. The first-order valence-corrected chi connectivity index (χ1v) is 6.84. The quantitative estimate of drug-likeness (QED) is 0.678. The fraction of sp³-hybridized carbons (Fsp3) is 0.176. The number of halogens is 1. The van der Waals surface area contributed by atoms with E-state index in [2.05, 4.69) is 5.10 Å². The van der Waals surface area contributed by atoms with Gasteiger partial charge in [0.25, 0.3) is 0 Å². The summed E-state index contributed by atoms with van der Waals surface area (Å²) in [5.74, 6) is -0.123. The second kappa shape index (κ2) is 5.13. The van der Waals surface area contributed by atoms with Crippen LogP contribution in [0.3, 0.4) is 0 Å². The minimum Gasteiger partial charge on any atom is -0.298 e. The maximum absolute atomic E-state index is 13.1. The zero-order valence-corrected chi connectivity index (χ0v) is 11.9. The molecule has 3 nitrogen and oxygen atoms in total. The number of aromatic nitrogens is 2. The van der Waals surface area contributed by atoms with Gasteiger partial charge in [0.2, 0.25) is 0 Å². The molecule has 0 spiro atoms. The first-order chi connectivity index (χ1) is 10.1. The molecule has 3 aromatic rings. The predicted octanol–water partition coefficient (Wildman–Crippen LogP) is 4.08. The van der Waals surface area contributed by atoms with E-state index in [1.54, 1.807) is 16.6 Å². The Morgan fingerprint density at radius 3 is 2.52 bits per heavy atom. The maximum atomic E-state index is 13.1. The lowest BCUT2D eigenvalue weighted by Crippen LogP contribution is -2.06. The van der Waals surface area contributed by atoms with Crippen LogP contribution in [0.2, 0.25) is 0 Å². The summed E-state index contributed by atoms with van der Waals surface area (Å²) in [4.78, 5) is 11.6. The van der Waals surface area contributed by atoms with E-state index in [1.807, 2.05) is 32.2 Å². The molecular weight excluding hydrogens is 267 g/mol. The summed E-state index contributed by atoms with van der Waals surface area (Å²) in [5, 5.41) is 4.51. The monoisotopic (exact) mass is 282 g/mol. The van der Waals surface area contributed by atoms with Gasteiger partial charge in [-0.2, -0.15) is 5.10 Å². The predicted molar refractivity (Wildman–Crippen MR) is 80.1 cm³/mol. The molecule has 2 aromatic heterocycles. The van der Waals surface area contributed by atoms with Gasteiger partial charge in [0.15, 0.2) is 6.29 Å². The minimum absolute atomic E-state index is 0.185. The Balaban J connectivity index is 2.36. The van der Waals surface area contributed by atoms with Crippen molar-refractivity contribution in [2.75, 3.05) is 0 Å². The van der Waals surface area contributed by atoms with E-state index < -0.39 is 0 Å². The van der Waals surface area contributed by atoms with Crippen molar-refractivity contribution in [2.45, 2.75) is 19.8 Å². The van der Waals surface area contributed by atoms with Crippen molar-refractivity contribution in [3.8, 4) is 11.3 Å². The molecule has 1 aromatic carbocycles. The molecule has 0 aliphatic rings. The maximum Gasteiger partial charge on any atom is 0.152 e. The molecule has 0 N–H and O–H groups in total. The van der Waals surface area contributed by atoms with Crippen LogP contribution >= 0.6 is 0 Å². The third kappa shape index (κ3) is 2.23. The number of carbonyl (C=O) groups excluding carboxylic acids is 1. The first-order valence-electron chi connectivity index (χ1n) is 6.84. The Bertz CT molecular complexity index is 804. The Kier molecular flexibility index (Phi) is 3.29. The fourth-order valence-corrected chi connectivity index (χ4v) is 2.65. The second-order valence-corrected chi connectivity index (χ2v) is 5.29. The van der Waals surface area contributed by atoms with E-state index in [1.165, 1.54) is 12.1 Å². The standard InChI is InChI=1S/C17H15FN2O/c1-11(2)16-14(10-21)17(12-5-7-13(18)8-6-12)19-20-9-3-4-15(16)20/h3-11H,1-2H3. The molecular formula is C17H15FN2O. The summed E-state index contributed by atoms with van der Waals surface area (Å²) in [6.07, 6.45) is 2.69. The van der Waals surface area contributed by atoms with Crippen LogP contribution in [-0.2, 0) is 0 Å². The lowest BCUT2D eigenvalue weighted by atomic mass is 9.94. The van der Waals surface area contributed by atoms with Crippen LogP contribution in [0.25, 0.3) is 16.8 Å². The molecule has 0 aliphatic heterocycles. The van der Waals surface area contributed by atoms with Gasteiger partial charge in [-0.25, -0.2) is 8.91 Å². The summed E-state index contributed by atoms with van der Waals surface area (Å²) in [6.45, 7) is 4.09. The molecule has 0 saturated carbocycles. The second-order valence-electron chi connectivity index (χ2n) is 5.29. The van der Waals surface area contributed by atoms with E-state index >= 15 is 0 Å². The highest BCUT2D eigenvalue weighted by Crippen LogP contribution is 2.30. The van der Waals surface area contributed by atoms with Crippen LogP contribution in [0.4, 0.5) is 4.39 Å². The number of aldehydes is 1. The number of nitrogens with zero attached hydrogens (tertiary/aromatic N) is 2. The molecule has 2 heterocycles. The molecule has 0 atom stereocenters. The lowest BCUT2D eigenvalue weighted by molar-refractivity contribution is 0.112. The Morgan fingerprint density at radius 1 is 1.19 bits per heavy atom. The highest BCUT2D eigenvalue weighted by atomic mass is 19.1. The van der Waals surface area contributed by atoms with Gasteiger partial charge in [-0.1, -0.05) is 13.8 Å². The third-order valence-corrected chi connectivity index (χ3v) is 3.57. The van der Waals surface area contributed by atoms with Gasteiger partial charge in [0.05, 0.1) is 5.52 Å². The lowest BCUT2D eigenvalue weighted by Gasteiger charge is -2.15. The Morgan fingerprint density at radius 2 is 1.90 bits per heavy atom. The molecule has 0 radical (unpaired) electrons. The summed E-state index contributed by atoms with van der Waals surface area (Å²) in [6, 6.07) is 9.89. The van der Waals surface area contributed by atoms with Crippen LogP contribution in [-0.4, -0.2) is 15.9 Å². The number of carbonyl (C=O) groups is 1. The molecule has 4 heteroatoms. The van der Waals surface area contributed by atoms with Crippen molar-refractivity contribution in [1.82, 2.24) is 9.61 Å². The van der Waals surface area contributed by atoms with Crippen LogP contribution in [0.15, 0.2) is 42.6 Å². The smallest absolute Gasteiger partial charge is 0.152 e. The van der Waals surface area contributed by atoms with Gasteiger partial charge in [-0.05, 0) is 47.9 Å². The number of hydrogen-bond acceptors (Lipinski definition) is 2. The fourth-order valence-electron chi connectivity index (χ4n) is 2.65. The van der Waals surface area contributed by atoms with Gasteiger partial charge in [0, 0.05) is 17.3 Å². The highest BCUT2D eigenvalue weighted by Gasteiger charge is 2.18. The highest BCUT2D eigenvalue weighted by molar-refractivity contribution is 5.90. The average molecular weight is 282 g/mol. The van der Waals surface area contributed by atoms with Crippen LogP contribution in [0.1, 0.15) is 35.7 Å². The molecule has 0 amide bonds. The van der Waals surface area contributed by atoms with Crippen molar-refractivity contribution in [2.24, 2.45) is 0 Å². The Hall–Kier alpha value is -2.49. The van der Waals surface area contributed by atoms with Gasteiger partial charge < -0.3 is 0 Å². The van der Waals surface area contributed by atoms with Crippen LogP contribution in [0.5, 0.6) is 0 Å². The first kappa shape index (κ1) is 13.5. The van der Waals surface area contributed by atoms with Gasteiger partial charge >= 0.3 is 0 Å². The van der Waals surface area contributed by atoms with Crippen molar-refractivity contribution < 1.29 is 9.18 Å². The van der Waals surface area contributed by atoms with Crippen molar-refractivity contribution in [3.05, 3.63) is 59.5 Å². The van der Waals surface area contributed by atoms with Crippen molar-refractivity contribution in [1.29, 1.82) is 0 Å². The molecule has 21 heavy (non-hydrogen) atoms. The number of benzene rings is 1. The number of rotatable bonds is 3. The van der Waals surface area contributed by atoms with E-state index in [9.17, 15) is 9.18 Å². The van der Waals surface area contributed by atoms with E-state index in [0.717, 1.165) is 22.9 Å². The van der Waals surface area contributed by atoms with Gasteiger partial charge in [0.1, 0.15) is 11.5 Å². The number of fused-ring (bicyclic) bond motifs is 1. The Labute approximate surface area is 122 Å². The van der Waals surface area contributed by atoms with Gasteiger partial charge in [-0.15, -0.1) is 0 Å². The van der Waals surface area contributed by atoms with E-state index in [4.69, 9.17) is 0 Å². The average Bonchev–Trinajstić information content (AvgIpc) is 2.93. The van der Waals surface area contributed by atoms with Crippen molar-refractivity contribution >= 4 is 11.8 Å². The SMILES string of the molecule is CC(C)c1c(C=O)c(-c2ccc(F)cc2)nn2cccc12. The van der Waals surface area contributed by atoms with Crippen LogP contribution in [0, 0.1) is 5.82 Å². The molecule has 0 bridgehead atoms. The largest absolute Gasteiger partial charge is 0.298 e. The van der Waals surface area contributed by atoms with E-state index in [-0.39, 0.29) is 11.7 Å². The summed E-state index contributed by atoms with van der Waals surface area (Å²) in [5.41, 5.74) is 3.78. The van der Waals surface area contributed by atoms with Crippen molar-refractivity contribution in [3.63, 3.8) is 0 Å². The molecule has 106 valence electrons. The van der Waals surface area contributed by atoms with E-state index in [0.29, 0.717) is 11.3 Å². The summed E-state index contributed by atoms with van der Waals surface area (Å²) >= 11 is 0. The van der Waals surface area contributed by atoms with Crippen LogP contribution < -0.4 is 0 Å². The summed E-state index contributed by atoms with van der Waals surface area (Å²) < 4.78 is 14.9. The molecule has 0 aliphatic carbocycles. The van der Waals surface area contributed by atoms with Gasteiger partial charge in [-0.3, -0.25) is 4.79 Å². The molecule has 0 unspecified atom stereocenters.